The number of allylic oxidation sites excluding steroid dienone is 1. The van der Waals surface area contributed by atoms with Crippen molar-refractivity contribution in [1.29, 1.82) is 0 Å². The van der Waals surface area contributed by atoms with Gasteiger partial charge in [0.25, 0.3) is 5.91 Å². The van der Waals surface area contributed by atoms with E-state index in [9.17, 15) is 4.79 Å². The standard InChI is InChI=1S/C30H32N2O/c1-2-26-28-15-9-10-16-29(28)32(30(26)33)25-17-20-31(21-18-25)22-19-27(23-11-5-3-6-12-23)24-13-7-4-8-14-24/h2-16,25,27H,17-22H2,1H3/b26-2-. The molecule has 1 fully saturated rings. The number of likely N-dealkylation sites (tertiary alicyclic amines) is 1. The second kappa shape index (κ2) is 9.76. The lowest BCUT2D eigenvalue weighted by Crippen LogP contribution is -2.46. The van der Waals surface area contributed by atoms with Crippen molar-refractivity contribution < 1.29 is 4.79 Å². The highest BCUT2D eigenvalue weighted by molar-refractivity contribution is 6.32. The maximum absolute atomic E-state index is 13.1. The predicted molar refractivity (Wildman–Crippen MR) is 136 cm³/mol. The molecular formula is C30H32N2O. The van der Waals surface area contributed by atoms with Gasteiger partial charge in [0.15, 0.2) is 0 Å². The van der Waals surface area contributed by atoms with Gasteiger partial charge in [-0.1, -0.05) is 84.9 Å². The molecule has 1 saturated heterocycles. The van der Waals surface area contributed by atoms with Crippen LogP contribution in [0.4, 0.5) is 5.69 Å². The van der Waals surface area contributed by atoms with Crippen LogP contribution >= 0.6 is 0 Å². The Morgan fingerprint density at radius 1 is 0.848 bits per heavy atom. The van der Waals surface area contributed by atoms with E-state index in [-0.39, 0.29) is 11.9 Å². The van der Waals surface area contributed by atoms with Gasteiger partial charge in [0.2, 0.25) is 0 Å². The lowest BCUT2D eigenvalue weighted by atomic mass is 9.88. The van der Waals surface area contributed by atoms with Crippen molar-refractivity contribution in [3.63, 3.8) is 0 Å². The van der Waals surface area contributed by atoms with Gasteiger partial charge in [-0.3, -0.25) is 4.79 Å². The largest absolute Gasteiger partial charge is 0.305 e. The topological polar surface area (TPSA) is 23.6 Å². The number of hydrogen-bond acceptors (Lipinski definition) is 2. The first-order valence-corrected chi connectivity index (χ1v) is 12.2. The van der Waals surface area contributed by atoms with Crippen molar-refractivity contribution in [3.8, 4) is 0 Å². The second-order valence-corrected chi connectivity index (χ2v) is 9.13. The van der Waals surface area contributed by atoms with Crippen molar-refractivity contribution in [2.45, 2.75) is 38.1 Å². The van der Waals surface area contributed by atoms with Crippen LogP contribution in [0.2, 0.25) is 0 Å². The number of nitrogens with zero attached hydrogens (tertiary/aromatic N) is 2. The van der Waals surface area contributed by atoms with Gasteiger partial charge in [-0.05, 0) is 49.9 Å². The number of rotatable bonds is 6. The van der Waals surface area contributed by atoms with E-state index in [1.807, 2.05) is 25.1 Å². The second-order valence-electron chi connectivity index (χ2n) is 9.13. The van der Waals surface area contributed by atoms with E-state index < -0.39 is 0 Å². The summed E-state index contributed by atoms with van der Waals surface area (Å²) in [5.74, 6) is 0.583. The molecule has 5 rings (SSSR count). The number of carbonyl (C=O) groups is 1. The van der Waals surface area contributed by atoms with Crippen LogP contribution in [0.5, 0.6) is 0 Å². The predicted octanol–water partition coefficient (Wildman–Crippen LogP) is 6.12. The highest BCUT2D eigenvalue weighted by Gasteiger charge is 2.37. The number of fused-ring (bicyclic) bond motifs is 1. The number of hydrogen-bond donors (Lipinski definition) is 0. The monoisotopic (exact) mass is 436 g/mol. The maximum Gasteiger partial charge on any atom is 0.258 e. The van der Waals surface area contributed by atoms with Gasteiger partial charge in [-0.25, -0.2) is 0 Å². The van der Waals surface area contributed by atoms with Gasteiger partial charge < -0.3 is 9.80 Å². The molecule has 0 saturated carbocycles. The molecule has 168 valence electrons. The molecule has 0 aliphatic carbocycles. The third kappa shape index (κ3) is 4.38. The average Bonchev–Trinajstić information content (AvgIpc) is 3.17. The van der Waals surface area contributed by atoms with Crippen LogP contribution in [0.1, 0.15) is 48.8 Å². The van der Waals surface area contributed by atoms with E-state index in [1.54, 1.807) is 0 Å². The Balaban J connectivity index is 1.24. The SMILES string of the molecule is C/C=C1\C(=O)N(C2CCN(CCC(c3ccccc3)c3ccccc3)CC2)c2ccccc21. The molecule has 2 aliphatic heterocycles. The highest BCUT2D eigenvalue weighted by atomic mass is 16.2. The summed E-state index contributed by atoms with van der Waals surface area (Å²) in [7, 11) is 0. The maximum atomic E-state index is 13.1. The minimum absolute atomic E-state index is 0.172. The Hall–Kier alpha value is -3.17. The molecule has 0 atom stereocenters. The molecule has 2 heterocycles. The van der Waals surface area contributed by atoms with Crippen LogP contribution in [0.3, 0.4) is 0 Å². The van der Waals surface area contributed by atoms with E-state index >= 15 is 0 Å². The zero-order chi connectivity index (χ0) is 22.6. The molecule has 3 heteroatoms. The molecule has 3 aromatic carbocycles. The summed E-state index contributed by atoms with van der Waals surface area (Å²) in [6.07, 6.45) is 5.12. The van der Waals surface area contributed by atoms with Crippen molar-refractivity contribution >= 4 is 17.2 Å². The Morgan fingerprint density at radius 2 is 1.42 bits per heavy atom. The minimum atomic E-state index is 0.172. The van der Waals surface area contributed by atoms with Crippen LogP contribution in [-0.4, -0.2) is 36.5 Å². The number of benzene rings is 3. The normalized spacial score (nSPS) is 18.3. The van der Waals surface area contributed by atoms with E-state index in [4.69, 9.17) is 0 Å². The fourth-order valence-corrected chi connectivity index (χ4v) is 5.52. The van der Waals surface area contributed by atoms with Crippen molar-refractivity contribution in [3.05, 3.63) is 108 Å². The van der Waals surface area contributed by atoms with Crippen LogP contribution in [-0.2, 0) is 4.79 Å². The zero-order valence-corrected chi connectivity index (χ0v) is 19.4. The number of carbonyl (C=O) groups excluding carboxylic acids is 1. The molecule has 3 aromatic rings. The lowest BCUT2D eigenvalue weighted by Gasteiger charge is -2.37. The molecule has 0 aromatic heterocycles. The third-order valence-corrected chi connectivity index (χ3v) is 7.25. The molecule has 0 radical (unpaired) electrons. The molecule has 2 aliphatic rings. The van der Waals surface area contributed by atoms with E-state index in [2.05, 4.69) is 82.6 Å². The van der Waals surface area contributed by atoms with Crippen LogP contribution < -0.4 is 4.90 Å². The van der Waals surface area contributed by atoms with Gasteiger partial charge in [0.05, 0.1) is 5.69 Å². The first kappa shape index (κ1) is 21.7. The van der Waals surface area contributed by atoms with Crippen LogP contribution in [0.15, 0.2) is 91.0 Å². The van der Waals surface area contributed by atoms with E-state index in [0.717, 1.165) is 55.7 Å². The zero-order valence-electron chi connectivity index (χ0n) is 19.4. The van der Waals surface area contributed by atoms with Crippen molar-refractivity contribution in [2.24, 2.45) is 0 Å². The smallest absolute Gasteiger partial charge is 0.258 e. The highest BCUT2D eigenvalue weighted by Crippen LogP contribution is 2.39. The summed E-state index contributed by atoms with van der Waals surface area (Å²) >= 11 is 0. The summed E-state index contributed by atoms with van der Waals surface area (Å²) < 4.78 is 0. The number of anilines is 1. The summed E-state index contributed by atoms with van der Waals surface area (Å²) in [6.45, 7) is 5.12. The van der Waals surface area contributed by atoms with Crippen molar-refractivity contribution in [2.75, 3.05) is 24.5 Å². The Kier molecular flexibility index (Phi) is 6.41. The molecule has 0 N–H and O–H groups in total. The summed E-state index contributed by atoms with van der Waals surface area (Å²) in [6, 6.07) is 30.3. The fraction of sp³-hybridized carbons (Fsp3) is 0.300. The van der Waals surface area contributed by atoms with Crippen LogP contribution in [0.25, 0.3) is 5.57 Å². The summed E-state index contributed by atoms with van der Waals surface area (Å²) in [4.78, 5) is 17.8. The number of piperidine rings is 1. The Labute approximate surface area is 197 Å². The average molecular weight is 437 g/mol. The molecule has 0 unspecified atom stereocenters. The van der Waals surface area contributed by atoms with E-state index in [0.29, 0.717) is 5.92 Å². The van der Waals surface area contributed by atoms with Gasteiger partial charge in [0, 0.05) is 36.2 Å². The third-order valence-electron chi connectivity index (χ3n) is 7.25. The molecule has 3 nitrogen and oxygen atoms in total. The first-order chi connectivity index (χ1) is 16.3. The minimum Gasteiger partial charge on any atom is -0.305 e. The quantitative estimate of drug-likeness (QED) is 0.435. The first-order valence-electron chi connectivity index (χ1n) is 12.2. The number of para-hydroxylation sites is 1. The molecule has 0 spiro atoms. The van der Waals surface area contributed by atoms with Gasteiger partial charge in [0.1, 0.15) is 0 Å². The summed E-state index contributed by atoms with van der Waals surface area (Å²) in [5, 5.41) is 0. The van der Waals surface area contributed by atoms with Crippen molar-refractivity contribution in [1.82, 2.24) is 4.90 Å². The molecule has 33 heavy (non-hydrogen) atoms. The van der Waals surface area contributed by atoms with Gasteiger partial charge in [-0.2, -0.15) is 0 Å². The lowest BCUT2D eigenvalue weighted by molar-refractivity contribution is -0.113. The molecular weight excluding hydrogens is 404 g/mol. The number of amides is 1. The van der Waals surface area contributed by atoms with Gasteiger partial charge in [-0.15, -0.1) is 0 Å². The molecule has 1 amide bonds. The Morgan fingerprint density at radius 3 is 2.03 bits per heavy atom. The van der Waals surface area contributed by atoms with Crippen LogP contribution in [0, 0.1) is 0 Å². The van der Waals surface area contributed by atoms with Gasteiger partial charge >= 0.3 is 0 Å². The fourth-order valence-electron chi connectivity index (χ4n) is 5.52. The molecule has 0 bridgehead atoms. The summed E-state index contributed by atoms with van der Waals surface area (Å²) in [5.41, 5.74) is 5.79. The Bertz CT molecular complexity index is 1070. The van der Waals surface area contributed by atoms with E-state index in [1.165, 1.54) is 11.1 Å².